The van der Waals surface area contributed by atoms with Gasteiger partial charge in [0.1, 0.15) is 0 Å². The van der Waals surface area contributed by atoms with E-state index in [4.69, 9.17) is 5.26 Å². The van der Waals surface area contributed by atoms with Crippen LogP contribution in [-0.2, 0) is 7.05 Å². The summed E-state index contributed by atoms with van der Waals surface area (Å²) in [5.74, 6) is 0.337. The predicted octanol–water partition coefficient (Wildman–Crippen LogP) is 3.70. The van der Waals surface area contributed by atoms with Crippen LogP contribution in [0.5, 0.6) is 0 Å². The molecular weight excluding hydrogens is 388 g/mol. The molecule has 2 aliphatic heterocycles. The van der Waals surface area contributed by atoms with Crippen LogP contribution in [0, 0.1) is 11.3 Å². The molecule has 1 aromatic carbocycles. The van der Waals surface area contributed by atoms with Gasteiger partial charge in [-0.15, -0.1) is 0 Å². The first-order valence-electron chi connectivity index (χ1n) is 10.6. The van der Waals surface area contributed by atoms with Crippen molar-refractivity contribution in [2.24, 2.45) is 7.05 Å². The summed E-state index contributed by atoms with van der Waals surface area (Å²) in [7, 11) is 2.07. The highest BCUT2D eigenvalue weighted by atomic mass is 16.2. The number of nitrogens with one attached hydrogen (secondary N) is 1. The van der Waals surface area contributed by atoms with E-state index in [1.807, 2.05) is 23.3 Å². The van der Waals surface area contributed by atoms with Crippen LogP contribution in [0.2, 0.25) is 0 Å². The molecule has 4 heterocycles. The van der Waals surface area contributed by atoms with Crippen molar-refractivity contribution in [2.75, 3.05) is 24.5 Å². The summed E-state index contributed by atoms with van der Waals surface area (Å²) in [5, 5.41) is 16.9. The van der Waals surface area contributed by atoms with Gasteiger partial charge in [0.25, 0.3) is 5.91 Å². The lowest BCUT2D eigenvalue weighted by molar-refractivity contribution is 0.0707. The van der Waals surface area contributed by atoms with Gasteiger partial charge in [-0.05, 0) is 48.8 Å². The van der Waals surface area contributed by atoms with E-state index in [9.17, 15) is 4.79 Å². The number of piperidine rings is 1. The van der Waals surface area contributed by atoms with E-state index in [1.165, 1.54) is 16.5 Å². The Hall–Kier alpha value is -3.79. The van der Waals surface area contributed by atoms with Crippen molar-refractivity contribution in [1.29, 1.82) is 5.26 Å². The Bertz CT molecular complexity index is 1230. The Morgan fingerprint density at radius 2 is 2.26 bits per heavy atom. The summed E-state index contributed by atoms with van der Waals surface area (Å²) in [6.07, 6.45) is 13.3. The van der Waals surface area contributed by atoms with Gasteiger partial charge in [-0.1, -0.05) is 0 Å². The topological polar surface area (TPSA) is 81.0 Å². The Morgan fingerprint density at radius 3 is 3.00 bits per heavy atom. The summed E-state index contributed by atoms with van der Waals surface area (Å²) in [6.45, 7) is 2.18. The van der Waals surface area contributed by atoms with Crippen molar-refractivity contribution in [2.45, 2.75) is 18.8 Å². The van der Waals surface area contributed by atoms with E-state index < -0.39 is 0 Å². The van der Waals surface area contributed by atoms with Crippen LogP contribution in [-0.4, -0.2) is 45.2 Å². The number of nitrogens with zero attached hydrogens (tertiary/aromatic N) is 5. The number of anilines is 1. The minimum atomic E-state index is 0.0397. The van der Waals surface area contributed by atoms with E-state index in [-0.39, 0.29) is 5.91 Å². The highest BCUT2D eigenvalue weighted by Crippen LogP contribution is 2.35. The number of allylic oxidation sites excluding steroid dienone is 2. The van der Waals surface area contributed by atoms with Crippen molar-refractivity contribution in [1.82, 2.24) is 19.7 Å². The van der Waals surface area contributed by atoms with Gasteiger partial charge in [-0.25, -0.2) is 0 Å². The Labute approximate surface area is 180 Å². The number of nitriles is 1. The summed E-state index contributed by atoms with van der Waals surface area (Å²) >= 11 is 0. The van der Waals surface area contributed by atoms with Crippen LogP contribution in [0.3, 0.4) is 0 Å². The van der Waals surface area contributed by atoms with Gasteiger partial charge in [0.05, 0.1) is 23.4 Å². The second-order valence-corrected chi connectivity index (χ2v) is 8.21. The van der Waals surface area contributed by atoms with Crippen molar-refractivity contribution >= 4 is 22.5 Å². The number of carbonyl (C=O) groups is 1. The molecule has 7 heteroatoms. The molecule has 2 aromatic heterocycles. The summed E-state index contributed by atoms with van der Waals surface area (Å²) in [5.41, 5.74) is 4.89. The number of carbonyl (C=O) groups excluding carboxylic acids is 1. The number of hydrogen-bond donors (Lipinski definition) is 1. The second-order valence-electron chi connectivity index (χ2n) is 8.21. The van der Waals surface area contributed by atoms with Gasteiger partial charge in [-0.2, -0.15) is 10.4 Å². The Morgan fingerprint density at radius 1 is 1.35 bits per heavy atom. The van der Waals surface area contributed by atoms with E-state index in [0.717, 1.165) is 25.1 Å². The maximum Gasteiger partial charge on any atom is 0.257 e. The number of rotatable bonds is 3. The molecule has 0 bridgehead atoms. The summed E-state index contributed by atoms with van der Waals surface area (Å²) in [4.78, 5) is 16.9. The molecule has 1 amide bonds. The number of aryl methyl sites for hydroxylation is 1. The molecular formula is C24H24N6O. The lowest BCUT2D eigenvalue weighted by atomic mass is 9.90. The number of fused-ring (bicyclic) bond motifs is 1. The smallest absolute Gasteiger partial charge is 0.257 e. The maximum absolute atomic E-state index is 12.8. The third-order valence-electron chi connectivity index (χ3n) is 6.30. The number of benzene rings is 1. The average molecular weight is 412 g/mol. The highest BCUT2D eigenvalue weighted by molar-refractivity contribution is 5.94. The fourth-order valence-electron chi connectivity index (χ4n) is 4.65. The number of amides is 1. The molecule has 0 saturated carbocycles. The minimum Gasteiger partial charge on any atom is -0.350 e. The predicted molar refractivity (Wildman–Crippen MR) is 120 cm³/mol. The monoisotopic (exact) mass is 412 g/mol. The summed E-state index contributed by atoms with van der Waals surface area (Å²) in [6, 6.07) is 8.70. The van der Waals surface area contributed by atoms with E-state index in [2.05, 4.69) is 57.2 Å². The van der Waals surface area contributed by atoms with E-state index in [0.29, 0.717) is 30.1 Å². The average Bonchev–Trinajstić information content (AvgIpc) is 3.47. The van der Waals surface area contributed by atoms with Crippen molar-refractivity contribution in [3.63, 3.8) is 0 Å². The number of likely N-dealkylation sites (tertiary alicyclic amines) is 1. The molecule has 156 valence electrons. The van der Waals surface area contributed by atoms with Crippen molar-refractivity contribution < 1.29 is 4.79 Å². The zero-order chi connectivity index (χ0) is 21.4. The molecule has 1 unspecified atom stereocenters. The Balaban J connectivity index is 1.44. The zero-order valence-corrected chi connectivity index (χ0v) is 17.5. The fourth-order valence-corrected chi connectivity index (χ4v) is 4.65. The van der Waals surface area contributed by atoms with Crippen LogP contribution in [0.4, 0.5) is 5.69 Å². The molecule has 1 saturated heterocycles. The highest BCUT2D eigenvalue weighted by Gasteiger charge is 2.28. The SMILES string of the molecule is Cn1cc(C2CCCN(C(=O)c3cn[nH]c3)C2)c2cc(N3C=CC(C#N)=CC3)ccc21. The van der Waals surface area contributed by atoms with Gasteiger partial charge in [0.15, 0.2) is 0 Å². The largest absolute Gasteiger partial charge is 0.350 e. The number of hydrogen-bond acceptors (Lipinski definition) is 4. The van der Waals surface area contributed by atoms with Crippen LogP contribution in [0.1, 0.15) is 34.7 Å². The first kappa shape index (κ1) is 19.2. The van der Waals surface area contributed by atoms with Crippen LogP contribution >= 0.6 is 0 Å². The lowest BCUT2D eigenvalue weighted by Crippen LogP contribution is -2.39. The van der Waals surface area contributed by atoms with Crippen molar-refractivity contribution in [3.05, 3.63) is 71.8 Å². The fraction of sp³-hybridized carbons (Fsp3) is 0.292. The molecule has 1 fully saturated rings. The first-order valence-corrected chi connectivity index (χ1v) is 10.6. The number of aromatic nitrogens is 3. The first-order chi connectivity index (χ1) is 15.1. The van der Waals surface area contributed by atoms with Crippen LogP contribution in [0.25, 0.3) is 10.9 Å². The standard InChI is InChI=1S/C24H24N6O/c1-28-16-22(18-3-2-8-30(15-18)24(31)19-13-26-27-14-19)21-11-20(4-5-23(21)28)29-9-6-17(12-25)7-10-29/h4-7,9,11,13-14,16,18H,2-3,8,10,15H2,1H3,(H,26,27). The van der Waals surface area contributed by atoms with Gasteiger partial charge in [-0.3, -0.25) is 9.89 Å². The maximum atomic E-state index is 12.8. The molecule has 31 heavy (non-hydrogen) atoms. The molecule has 0 aliphatic carbocycles. The molecule has 3 aromatic rings. The third-order valence-corrected chi connectivity index (χ3v) is 6.30. The van der Waals surface area contributed by atoms with Gasteiger partial charge >= 0.3 is 0 Å². The molecule has 1 N–H and O–H groups in total. The van der Waals surface area contributed by atoms with Crippen LogP contribution < -0.4 is 4.90 Å². The van der Waals surface area contributed by atoms with Gasteiger partial charge < -0.3 is 14.4 Å². The molecule has 2 aliphatic rings. The van der Waals surface area contributed by atoms with Gasteiger partial charge in [0.2, 0.25) is 0 Å². The minimum absolute atomic E-state index is 0.0397. The molecule has 0 spiro atoms. The van der Waals surface area contributed by atoms with E-state index in [1.54, 1.807) is 12.4 Å². The molecule has 5 rings (SSSR count). The number of H-pyrrole nitrogens is 1. The quantitative estimate of drug-likeness (QED) is 0.711. The van der Waals surface area contributed by atoms with Gasteiger partial charge in [0, 0.05) is 67.8 Å². The zero-order valence-electron chi connectivity index (χ0n) is 17.5. The molecule has 7 nitrogen and oxygen atoms in total. The van der Waals surface area contributed by atoms with Crippen molar-refractivity contribution in [3.8, 4) is 6.07 Å². The summed E-state index contributed by atoms with van der Waals surface area (Å²) < 4.78 is 2.17. The lowest BCUT2D eigenvalue weighted by Gasteiger charge is -2.32. The normalized spacial score (nSPS) is 18.8. The van der Waals surface area contributed by atoms with Crippen LogP contribution in [0.15, 0.2) is 60.7 Å². The van der Waals surface area contributed by atoms with E-state index >= 15 is 0 Å². The number of aromatic amines is 1. The molecule has 1 atom stereocenters. The second kappa shape index (κ2) is 7.80. The third kappa shape index (κ3) is 3.50. The molecule has 0 radical (unpaired) electrons. The Kier molecular flexibility index (Phi) is 4.83.